The van der Waals surface area contributed by atoms with Gasteiger partial charge in [-0.3, -0.25) is 19.2 Å². The molecule has 32 heavy (non-hydrogen) atoms. The van der Waals surface area contributed by atoms with Crippen molar-refractivity contribution in [2.24, 2.45) is 0 Å². The van der Waals surface area contributed by atoms with Gasteiger partial charge < -0.3 is 10.6 Å². The van der Waals surface area contributed by atoms with Crippen molar-refractivity contribution in [2.45, 2.75) is 5.92 Å². The second-order valence-electron chi connectivity index (χ2n) is 6.91. The average Bonchev–Trinajstić information content (AvgIpc) is 2.80. The lowest BCUT2D eigenvalue weighted by molar-refractivity contribution is -0.384. The number of rotatable bonds is 8. The topological polar surface area (TPSA) is 105 Å². The van der Waals surface area contributed by atoms with Crippen LogP contribution in [0, 0.1) is 10.1 Å². The van der Waals surface area contributed by atoms with Crippen LogP contribution in [0.5, 0.6) is 0 Å². The maximum Gasteiger partial charge on any atom is 0.331 e. The van der Waals surface area contributed by atoms with Gasteiger partial charge in [-0.15, -0.1) is 0 Å². The third-order valence-electron chi connectivity index (χ3n) is 4.69. The summed E-state index contributed by atoms with van der Waals surface area (Å²) in [5.41, 5.74) is 1.87. The number of thiol groups is 1. The van der Waals surface area contributed by atoms with Crippen molar-refractivity contribution in [2.75, 3.05) is 18.4 Å². The van der Waals surface area contributed by atoms with Crippen molar-refractivity contribution in [3.05, 3.63) is 106 Å². The predicted octanol–water partition coefficient (Wildman–Crippen LogP) is 4.22. The summed E-state index contributed by atoms with van der Waals surface area (Å²) in [6.07, 6.45) is 0. The van der Waals surface area contributed by atoms with Crippen LogP contribution in [-0.4, -0.2) is 34.3 Å². The Bertz CT molecular complexity index is 1040. The minimum absolute atomic E-state index is 0.131. The number of hydrogen-bond donors (Lipinski definition) is 3. The number of carbonyl (C=O) groups is 2. The predicted molar refractivity (Wildman–Crippen MR) is 126 cm³/mol. The molecular formula is C23H22N4O4S. The van der Waals surface area contributed by atoms with Gasteiger partial charge in [0.15, 0.2) is 0 Å². The summed E-state index contributed by atoms with van der Waals surface area (Å²) in [6.45, 7) is 0.312. The van der Waals surface area contributed by atoms with E-state index in [1.54, 1.807) is 6.07 Å². The SMILES string of the molecule is O=C(NCCN(S)C(=O)Nc1cccc([N+](=O)[O-])c1)C(c1ccccc1)c1ccccc1. The Morgan fingerprint density at radius 2 is 1.53 bits per heavy atom. The Morgan fingerprint density at radius 1 is 0.938 bits per heavy atom. The molecule has 0 fully saturated rings. The summed E-state index contributed by atoms with van der Waals surface area (Å²) < 4.78 is 1.10. The lowest BCUT2D eigenvalue weighted by Crippen LogP contribution is -2.37. The van der Waals surface area contributed by atoms with Crippen molar-refractivity contribution in [1.29, 1.82) is 0 Å². The first-order valence-corrected chi connectivity index (χ1v) is 10.2. The molecule has 3 rings (SSSR count). The molecule has 3 aromatic rings. The van der Waals surface area contributed by atoms with E-state index in [0.29, 0.717) is 0 Å². The van der Waals surface area contributed by atoms with Crippen LogP contribution < -0.4 is 10.6 Å². The summed E-state index contributed by atoms with van der Waals surface area (Å²) in [4.78, 5) is 35.6. The quantitative estimate of drug-likeness (QED) is 0.271. The highest BCUT2D eigenvalue weighted by atomic mass is 32.1. The molecule has 0 saturated carbocycles. The van der Waals surface area contributed by atoms with Crippen LogP contribution in [-0.2, 0) is 4.79 Å². The molecule has 0 aliphatic rings. The first kappa shape index (κ1) is 22.8. The lowest BCUT2D eigenvalue weighted by Gasteiger charge is -2.20. The molecule has 0 unspecified atom stereocenters. The van der Waals surface area contributed by atoms with Gasteiger partial charge in [-0.1, -0.05) is 79.5 Å². The fourth-order valence-electron chi connectivity index (χ4n) is 3.16. The van der Waals surface area contributed by atoms with Crippen molar-refractivity contribution in [3.63, 3.8) is 0 Å². The van der Waals surface area contributed by atoms with E-state index in [0.717, 1.165) is 15.4 Å². The van der Waals surface area contributed by atoms with Crippen molar-refractivity contribution in [3.8, 4) is 0 Å². The van der Waals surface area contributed by atoms with Crippen LogP contribution in [0.15, 0.2) is 84.9 Å². The molecule has 0 spiro atoms. The van der Waals surface area contributed by atoms with Crippen LogP contribution in [0.2, 0.25) is 0 Å². The zero-order chi connectivity index (χ0) is 22.9. The maximum absolute atomic E-state index is 13.0. The number of nitrogens with one attached hydrogen (secondary N) is 2. The highest BCUT2D eigenvalue weighted by Crippen LogP contribution is 2.24. The molecule has 0 bridgehead atoms. The van der Waals surface area contributed by atoms with Gasteiger partial charge in [-0.2, -0.15) is 0 Å². The molecule has 0 aliphatic carbocycles. The van der Waals surface area contributed by atoms with Gasteiger partial charge in [0.2, 0.25) is 5.91 Å². The molecule has 3 aromatic carbocycles. The minimum atomic E-state index is -0.564. The summed E-state index contributed by atoms with van der Waals surface area (Å²) in [5, 5.41) is 16.3. The first-order valence-electron chi connectivity index (χ1n) is 9.85. The summed E-state index contributed by atoms with van der Waals surface area (Å²) in [6, 6.07) is 23.9. The number of carbonyl (C=O) groups excluding carboxylic acids is 2. The van der Waals surface area contributed by atoms with Gasteiger partial charge >= 0.3 is 6.03 Å². The largest absolute Gasteiger partial charge is 0.353 e. The molecule has 0 saturated heterocycles. The third-order valence-corrected chi connectivity index (χ3v) is 5.08. The van der Waals surface area contributed by atoms with Gasteiger partial charge in [0.1, 0.15) is 0 Å². The number of anilines is 1. The molecule has 164 valence electrons. The number of nitrogens with zero attached hydrogens (tertiary/aromatic N) is 2. The van der Waals surface area contributed by atoms with Crippen molar-refractivity contribution >= 4 is 36.1 Å². The van der Waals surface area contributed by atoms with E-state index in [4.69, 9.17) is 0 Å². The van der Waals surface area contributed by atoms with Crippen LogP contribution in [0.3, 0.4) is 0 Å². The van der Waals surface area contributed by atoms with E-state index in [2.05, 4.69) is 23.4 Å². The van der Waals surface area contributed by atoms with Crippen molar-refractivity contribution in [1.82, 2.24) is 9.62 Å². The smallest absolute Gasteiger partial charge is 0.331 e. The Morgan fingerprint density at radius 3 is 2.09 bits per heavy atom. The fourth-order valence-corrected chi connectivity index (χ4v) is 3.31. The number of benzene rings is 3. The molecule has 0 aromatic heterocycles. The molecule has 8 nitrogen and oxygen atoms in total. The lowest BCUT2D eigenvalue weighted by atomic mass is 9.90. The Hall–Kier alpha value is -3.85. The molecule has 0 aliphatic heterocycles. The van der Waals surface area contributed by atoms with Crippen LogP contribution in [0.4, 0.5) is 16.2 Å². The van der Waals surface area contributed by atoms with Crippen LogP contribution >= 0.6 is 12.8 Å². The minimum Gasteiger partial charge on any atom is -0.353 e. The molecule has 3 amide bonds. The standard InChI is InChI=1S/C23H22N4O4S/c28-22(21(17-8-3-1-4-9-17)18-10-5-2-6-11-18)24-14-15-26(32)23(29)25-19-12-7-13-20(16-19)27(30)31/h1-13,16,21,32H,14-15H2,(H,24,28)(H,25,29). The maximum atomic E-state index is 13.0. The Labute approximate surface area is 190 Å². The van der Waals surface area contributed by atoms with Crippen LogP contribution in [0.25, 0.3) is 0 Å². The summed E-state index contributed by atoms with van der Waals surface area (Å²) >= 11 is 4.15. The summed E-state index contributed by atoms with van der Waals surface area (Å²) in [5.74, 6) is -0.673. The summed E-state index contributed by atoms with van der Waals surface area (Å²) in [7, 11) is 0. The van der Waals surface area contributed by atoms with Gasteiger partial charge in [0.25, 0.3) is 5.69 Å². The number of nitro groups is 1. The van der Waals surface area contributed by atoms with E-state index >= 15 is 0 Å². The molecule has 0 radical (unpaired) electrons. The molecule has 0 atom stereocenters. The normalized spacial score (nSPS) is 10.4. The molecular weight excluding hydrogens is 428 g/mol. The third kappa shape index (κ3) is 6.08. The number of amides is 3. The first-order chi connectivity index (χ1) is 15.5. The van der Waals surface area contributed by atoms with E-state index in [1.165, 1.54) is 18.2 Å². The zero-order valence-electron chi connectivity index (χ0n) is 17.0. The van der Waals surface area contributed by atoms with Gasteiger partial charge in [0, 0.05) is 24.4 Å². The Kier molecular flexibility index (Phi) is 7.82. The molecule has 9 heteroatoms. The highest BCUT2D eigenvalue weighted by Gasteiger charge is 2.22. The van der Waals surface area contributed by atoms with Gasteiger partial charge in [-0.25, -0.2) is 4.79 Å². The van der Waals surface area contributed by atoms with Gasteiger partial charge in [-0.05, 0) is 17.2 Å². The zero-order valence-corrected chi connectivity index (χ0v) is 17.9. The number of non-ortho nitro benzene ring substituents is 1. The fraction of sp³-hybridized carbons (Fsp3) is 0.130. The van der Waals surface area contributed by atoms with E-state index in [9.17, 15) is 19.7 Å². The van der Waals surface area contributed by atoms with Crippen molar-refractivity contribution < 1.29 is 14.5 Å². The monoisotopic (exact) mass is 450 g/mol. The van der Waals surface area contributed by atoms with E-state index < -0.39 is 16.9 Å². The highest BCUT2D eigenvalue weighted by molar-refractivity contribution is 7.78. The van der Waals surface area contributed by atoms with Gasteiger partial charge in [0.05, 0.1) is 17.4 Å². The number of nitro benzene ring substituents is 1. The average molecular weight is 451 g/mol. The Balaban J connectivity index is 1.58. The van der Waals surface area contributed by atoms with Crippen LogP contribution in [0.1, 0.15) is 17.0 Å². The molecule has 2 N–H and O–H groups in total. The second-order valence-corrected chi connectivity index (χ2v) is 7.39. The van der Waals surface area contributed by atoms with E-state index in [-0.39, 0.29) is 30.4 Å². The number of hydrogen-bond acceptors (Lipinski definition) is 5. The second kappa shape index (κ2) is 11.0. The molecule has 0 heterocycles. The number of urea groups is 1. The van der Waals surface area contributed by atoms with E-state index in [1.807, 2.05) is 60.7 Å².